The first-order chi connectivity index (χ1) is 8.20. The van der Waals surface area contributed by atoms with Crippen molar-refractivity contribution in [3.8, 4) is 0 Å². The Morgan fingerprint density at radius 3 is 2.53 bits per heavy atom. The van der Waals surface area contributed by atoms with Gasteiger partial charge in [0, 0.05) is 19.8 Å². The quantitative estimate of drug-likeness (QED) is 0.773. The third-order valence-corrected chi connectivity index (χ3v) is 4.19. The zero-order valence-corrected chi connectivity index (χ0v) is 11.1. The van der Waals surface area contributed by atoms with Crippen LogP contribution in [0.3, 0.4) is 0 Å². The molecule has 0 amide bonds. The standard InChI is InChI=1S/C13H8BrFOS/c14-10-7-9(8-16)5-6-12(10)17-13-4-2-1-3-11(13)15/h1-8H. The van der Waals surface area contributed by atoms with Crippen LogP contribution in [0.15, 0.2) is 56.7 Å². The fraction of sp³-hybridized carbons (Fsp3) is 0. The van der Waals surface area contributed by atoms with Crippen LogP contribution in [0.1, 0.15) is 10.4 Å². The maximum Gasteiger partial charge on any atom is 0.150 e. The Labute approximate surface area is 111 Å². The van der Waals surface area contributed by atoms with E-state index in [-0.39, 0.29) is 5.82 Å². The topological polar surface area (TPSA) is 17.1 Å². The molecular formula is C13H8BrFOS. The molecule has 2 aromatic carbocycles. The molecule has 0 saturated heterocycles. The Hall–Kier alpha value is -1.13. The summed E-state index contributed by atoms with van der Waals surface area (Å²) in [7, 11) is 0. The van der Waals surface area contributed by atoms with E-state index in [9.17, 15) is 9.18 Å². The van der Waals surface area contributed by atoms with Gasteiger partial charge in [-0.3, -0.25) is 4.79 Å². The third kappa shape index (κ3) is 2.96. The van der Waals surface area contributed by atoms with Gasteiger partial charge in [-0.2, -0.15) is 0 Å². The van der Waals surface area contributed by atoms with Crippen molar-refractivity contribution in [1.82, 2.24) is 0 Å². The first kappa shape index (κ1) is 12.3. The van der Waals surface area contributed by atoms with Crippen LogP contribution in [0.5, 0.6) is 0 Å². The van der Waals surface area contributed by atoms with Crippen molar-refractivity contribution in [3.05, 3.63) is 58.3 Å². The molecule has 0 unspecified atom stereocenters. The van der Waals surface area contributed by atoms with Crippen LogP contribution < -0.4 is 0 Å². The van der Waals surface area contributed by atoms with Crippen LogP contribution >= 0.6 is 27.7 Å². The Balaban J connectivity index is 2.31. The van der Waals surface area contributed by atoms with Crippen molar-refractivity contribution < 1.29 is 9.18 Å². The number of benzene rings is 2. The zero-order valence-electron chi connectivity index (χ0n) is 8.69. The van der Waals surface area contributed by atoms with Crippen molar-refractivity contribution >= 4 is 34.0 Å². The number of hydrogen-bond donors (Lipinski definition) is 0. The lowest BCUT2D eigenvalue weighted by Crippen LogP contribution is -1.84. The van der Waals surface area contributed by atoms with Gasteiger partial charge in [0.2, 0.25) is 0 Å². The summed E-state index contributed by atoms with van der Waals surface area (Å²) in [4.78, 5) is 12.0. The van der Waals surface area contributed by atoms with Crippen molar-refractivity contribution in [2.75, 3.05) is 0 Å². The molecule has 0 aliphatic heterocycles. The van der Waals surface area contributed by atoms with Crippen molar-refractivity contribution in [2.45, 2.75) is 9.79 Å². The maximum absolute atomic E-state index is 13.5. The molecule has 2 rings (SSSR count). The molecule has 17 heavy (non-hydrogen) atoms. The number of halogens is 2. The Morgan fingerprint density at radius 2 is 1.88 bits per heavy atom. The first-order valence-electron chi connectivity index (χ1n) is 4.88. The second-order valence-electron chi connectivity index (χ2n) is 3.34. The smallest absolute Gasteiger partial charge is 0.150 e. The lowest BCUT2D eigenvalue weighted by Gasteiger charge is -2.05. The number of carbonyl (C=O) groups is 1. The number of hydrogen-bond acceptors (Lipinski definition) is 2. The Morgan fingerprint density at radius 1 is 1.12 bits per heavy atom. The van der Waals surface area contributed by atoms with E-state index in [1.807, 2.05) is 0 Å². The average Bonchev–Trinajstić information content (AvgIpc) is 2.34. The molecule has 0 N–H and O–H groups in total. The Kier molecular flexibility index (Phi) is 3.97. The van der Waals surface area contributed by atoms with E-state index < -0.39 is 0 Å². The molecule has 2 aromatic rings. The van der Waals surface area contributed by atoms with E-state index in [0.29, 0.717) is 10.5 Å². The largest absolute Gasteiger partial charge is 0.298 e. The monoisotopic (exact) mass is 310 g/mol. The van der Waals surface area contributed by atoms with Gasteiger partial charge in [0.25, 0.3) is 0 Å². The predicted octanol–water partition coefficient (Wildman–Crippen LogP) is 4.55. The lowest BCUT2D eigenvalue weighted by atomic mass is 10.2. The van der Waals surface area contributed by atoms with Gasteiger partial charge in [0.15, 0.2) is 0 Å². The molecule has 0 aromatic heterocycles. The minimum atomic E-state index is -0.246. The first-order valence-corrected chi connectivity index (χ1v) is 6.49. The number of aldehydes is 1. The molecule has 0 bridgehead atoms. The van der Waals surface area contributed by atoms with Gasteiger partial charge in [0.05, 0.1) is 0 Å². The fourth-order valence-electron chi connectivity index (χ4n) is 1.32. The molecule has 0 saturated carbocycles. The summed E-state index contributed by atoms with van der Waals surface area (Å²) in [5, 5.41) is 0. The van der Waals surface area contributed by atoms with Gasteiger partial charge < -0.3 is 0 Å². The summed E-state index contributed by atoms with van der Waals surface area (Å²) < 4.78 is 14.2. The molecule has 0 fully saturated rings. The summed E-state index contributed by atoms with van der Waals surface area (Å²) in [6, 6.07) is 11.8. The minimum absolute atomic E-state index is 0.246. The molecule has 0 atom stereocenters. The van der Waals surface area contributed by atoms with Gasteiger partial charge >= 0.3 is 0 Å². The van der Waals surface area contributed by atoms with Crippen molar-refractivity contribution in [3.63, 3.8) is 0 Å². The fourth-order valence-corrected chi connectivity index (χ4v) is 2.80. The molecular weight excluding hydrogens is 303 g/mol. The van der Waals surface area contributed by atoms with Crippen LogP contribution in [0.4, 0.5) is 4.39 Å². The van der Waals surface area contributed by atoms with Gasteiger partial charge in [-0.05, 0) is 40.2 Å². The molecule has 4 heteroatoms. The SMILES string of the molecule is O=Cc1ccc(Sc2ccccc2F)c(Br)c1. The summed E-state index contributed by atoms with van der Waals surface area (Å²) in [5.74, 6) is -0.246. The molecule has 0 aliphatic rings. The minimum Gasteiger partial charge on any atom is -0.298 e. The molecule has 0 heterocycles. The summed E-state index contributed by atoms with van der Waals surface area (Å²) >= 11 is 4.69. The van der Waals surface area contributed by atoms with E-state index in [1.165, 1.54) is 17.8 Å². The van der Waals surface area contributed by atoms with Gasteiger partial charge in [-0.1, -0.05) is 30.0 Å². The van der Waals surface area contributed by atoms with Gasteiger partial charge in [-0.25, -0.2) is 4.39 Å². The highest BCUT2D eigenvalue weighted by molar-refractivity contribution is 9.10. The van der Waals surface area contributed by atoms with Crippen LogP contribution in [0.25, 0.3) is 0 Å². The molecule has 1 nitrogen and oxygen atoms in total. The maximum atomic E-state index is 13.5. The highest BCUT2D eigenvalue weighted by atomic mass is 79.9. The van der Waals surface area contributed by atoms with Crippen molar-refractivity contribution in [2.24, 2.45) is 0 Å². The molecule has 86 valence electrons. The van der Waals surface area contributed by atoms with Gasteiger partial charge in [-0.15, -0.1) is 0 Å². The second-order valence-corrected chi connectivity index (χ2v) is 5.28. The highest BCUT2D eigenvalue weighted by Gasteiger charge is 2.06. The molecule has 0 spiro atoms. The highest BCUT2D eigenvalue weighted by Crippen LogP contribution is 2.34. The Bertz CT molecular complexity index is 557. The number of carbonyl (C=O) groups excluding carboxylic acids is 1. The third-order valence-electron chi connectivity index (χ3n) is 2.15. The van der Waals surface area contributed by atoms with Crippen LogP contribution in [-0.4, -0.2) is 6.29 Å². The molecule has 0 radical (unpaired) electrons. The normalized spacial score (nSPS) is 10.2. The number of rotatable bonds is 3. The van der Waals surface area contributed by atoms with Crippen LogP contribution in [0, 0.1) is 5.82 Å². The van der Waals surface area contributed by atoms with E-state index in [2.05, 4.69) is 15.9 Å². The average molecular weight is 311 g/mol. The van der Waals surface area contributed by atoms with E-state index >= 15 is 0 Å². The predicted molar refractivity (Wildman–Crippen MR) is 70.1 cm³/mol. The van der Waals surface area contributed by atoms with Crippen LogP contribution in [-0.2, 0) is 0 Å². The summed E-state index contributed by atoms with van der Waals surface area (Å²) in [5.41, 5.74) is 0.592. The molecule has 0 aliphatic carbocycles. The van der Waals surface area contributed by atoms with Gasteiger partial charge in [0.1, 0.15) is 12.1 Å². The zero-order chi connectivity index (χ0) is 12.3. The van der Waals surface area contributed by atoms with Crippen molar-refractivity contribution in [1.29, 1.82) is 0 Å². The summed E-state index contributed by atoms with van der Waals surface area (Å²) in [6.07, 6.45) is 0.780. The lowest BCUT2D eigenvalue weighted by molar-refractivity contribution is 0.112. The van der Waals surface area contributed by atoms with E-state index in [1.54, 1.807) is 36.4 Å². The second kappa shape index (κ2) is 5.47. The van der Waals surface area contributed by atoms with Crippen LogP contribution in [0.2, 0.25) is 0 Å². The van der Waals surface area contributed by atoms with E-state index in [0.717, 1.165) is 15.7 Å². The van der Waals surface area contributed by atoms with E-state index in [4.69, 9.17) is 0 Å². The summed E-state index contributed by atoms with van der Waals surface area (Å²) in [6.45, 7) is 0.